The fourth-order valence-corrected chi connectivity index (χ4v) is 3.94. The molecular weight excluding hydrogens is 512 g/mol. The number of Topliss-reactive ketones (excluding diaryl/α,β-unsaturated/α-hetero) is 1. The first-order chi connectivity index (χ1) is 17.2. The van der Waals surface area contributed by atoms with Crippen LogP contribution in [0.4, 0.5) is 4.39 Å². The summed E-state index contributed by atoms with van der Waals surface area (Å²) in [5.74, 6) is -1.09. The van der Waals surface area contributed by atoms with Crippen molar-refractivity contribution < 1.29 is 24.2 Å². The van der Waals surface area contributed by atoms with Crippen LogP contribution < -0.4 is 16.0 Å². The molecule has 0 aliphatic heterocycles. The van der Waals surface area contributed by atoms with E-state index in [-0.39, 0.29) is 40.4 Å². The summed E-state index contributed by atoms with van der Waals surface area (Å²) in [5.41, 5.74) is 1.21. The molecule has 2 aromatic carbocycles. The molecule has 2 aromatic rings. The van der Waals surface area contributed by atoms with Crippen LogP contribution in [0.5, 0.6) is 5.75 Å². The number of alkyl halides is 1. The van der Waals surface area contributed by atoms with Crippen molar-refractivity contribution >= 4 is 40.9 Å². The van der Waals surface area contributed by atoms with Crippen LogP contribution in [0.3, 0.4) is 0 Å². The van der Waals surface area contributed by atoms with E-state index in [1.165, 1.54) is 19.1 Å². The van der Waals surface area contributed by atoms with E-state index in [4.69, 9.17) is 28.5 Å². The third-order valence-corrected chi connectivity index (χ3v) is 5.68. The van der Waals surface area contributed by atoms with Gasteiger partial charge in [-0.05, 0) is 55.2 Å². The van der Waals surface area contributed by atoms with Gasteiger partial charge in [0.15, 0.2) is 12.0 Å². The van der Waals surface area contributed by atoms with Crippen LogP contribution in [0.25, 0.3) is 0 Å². The zero-order valence-corrected chi connectivity index (χ0v) is 20.9. The van der Waals surface area contributed by atoms with Crippen LogP contribution in [0.2, 0.25) is 10.0 Å². The molecule has 2 unspecified atom stereocenters. The number of hydrogen-bond acceptors (Lipinski definition) is 6. The topological polar surface area (TPSA) is 147 Å². The molecule has 0 fully saturated rings. The zero-order valence-electron chi connectivity index (χ0n) is 19.4. The number of rotatable bonds is 11. The van der Waals surface area contributed by atoms with E-state index >= 15 is 0 Å². The fourth-order valence-electron chi connectivity index (χ4n) is 3.24. The average molecular weight is 538 g/mol. The number of phenolic OH excluding ortho intramolecular Hbond substituents is 1. The number of guanidine groups is 1. The molecule has 192 valence electrons. The van der Waals surface area contributed by atoms with Crippen molar-refractivity contribution in [2.45, 2.75) is 31.9 Å². The van der Waals surface area contributed by atoms with Crippen molar-refractivity contribution in [3.8, 4) is 11.9 Å². The summed E-state index contributed by atoms with van der Waals surface area (Å²) in [5, 5.41) is 36.1. The number of benzene rings is 2. The van der Waals surface area contributed by atoms with E-state index in [0.717, 1.165) is 0 Å². The maximum atomic E-state index is 12.9. The maximum absolute atomic E-state index is 12.9. The van der Waals surface area contributed by atoms with Crippen molar-refractivity contribution in [2.75, 3.05) is 19.8 Å². The van der Waals surface area contributed by atoms with Crippen molar-refractivity contribution in [1.82, 2.24) is 16.0 Å². The third-order valence-electron chi connectivity index (χ3n) is 5.08. The SMILES string of the molecule is CC(=O)C(CN=C(NC#N)NCCF)NC(=O)c1c(Cl)cc(CCC(O)c2cccc(O)c2)cc1Cl. The molecular formula is C24H26Cl2FN5O4. The number of nitrogens with one attached hydrogen (secondary N) is 3. The molecule has 0 spiro atoms. The lowest BCUT2D eigenvalue weighted by molar-refractivity contribution is -0.118. The normalized spacial score (nSPS) is 12.8. The van der Waals surface area contributed by atoms with E-state index < -0.39 is 30.5 Å². The van der Waals surface area contributed by atoms with Gasteiger partial charge in [0.05, 0.1) is 28.3 Å². The van der Waals surface area contributed by atoms with Crippen LogP contribution in [0.1, 0.15) is 40.9 Å². The van der Waals surface area contributed by atoms with Gasteiger partial charge in [-0.3, -0.25) is 14.9 Å². The highest BCUT2D eigenvalue weighted by Crippen LogP contribution is 2.29. The number of aliphatic hydroxyl groups excluding tert-OH is 1. The van der Waals surface area contributed by atoms with Crippen LogP contribution in [-0.4, -0.2) is 53.7 Å². The number of carbonyl (C=O) groups excluding carboxylic acids is 2. The molecule has 1 amide bonds. The molecule has 5 N–H and O–H groups in total. The number of ketones is 1. The van der Waals surface area contributed by atoms with Crippen molar-refractivity contribution in [2.24, 2.45) is 4.99 Å². The lowest BCUT2D eigenvalue weighted by atomic mass is 10.00. The van der Waals surface area contributed by atoms with Crippen LogP contribution in [0.15, 0.2) is 41.4 Å². The number of amides is 1. The molecule has 0 heterocycles. The van der Waals surface area contributed by atoms with Gasteiger partial charge in [-0.1, -0.05) is 35.3 Å². The Labute approximate surface area is 217 Å². The minimum atomic E-state index is -1.05. The van der Waals surface area contributed by atoms with E-state index in [9.17, 15) is 24.2 Å². The van der Waals surface area contributed by atoms with Crippen molar-refractivity contribution in [3.05, 3.63) is 63.1 Å². The molecule has 0 saturated carbocycles. The first kappa shape index (κ1) is 28.8. The molecule has 0 aromatic heterocycles. The van der Waals surface area contributed by atoms with Gasteiger partial charge in [0, 0.05) is 6.54 Å². The minimum Gasteiger partial charge on any atom is -0.508 e. The van der Waals surface area contributed by atoms with E-state index in [1.54, 1.807) is 30.5 Å². The summed E-state index contributed by atoms with van der Waals surface area (Å²) in [6, 6.07) is 8.37. The number of hydrogen-bond donors (Lipinski definition) is 5. The predicted octanol–water partition coefficient (Wildman–Crippen LogP) is 3.04. The van der Waals surface area contributed by atoms with E-state index in [2.05, 4.69) is 20.9 Å². The lowest BCUT2D eigenvalue weighted by Crippen LogP contribution is -2.44. The number of aryl methyl sites for hydroxylation is 1. The number of aliphatic imine (C=N–C) groups is 1. The molecule has 0 saturated heterocycles. The monoisotopic (exact) mass is 537 g/mol. The molecule has 2 atom stereocenters. The molecule has 2 rings (SSSR count). The summed E-state index contributed by atoms with van der Waals surface area (Å²) < 4.78 is 12.4. The van der Waals surface area contributed by atoms with Crippen LogP contribution >= 0.6 is 23.2 Å². The summed E-state index contributed by atoms with van der Waals surface area (Å²) >= 11 is 12.7. The highest BCUT2D eigenvalue weighted by atomic mass is 35.5. The third kappa shape index (κ3) is 8.68. The van der Waals surface area contributed by atoms with Crippen LogP contribution in [0, 0.1) is 11.5 Å². The fraction of sp³-hybridized carbons (Fsp3) is 0.333. The Hall–Kier alpha value is -3.39. The molecule has 36 heavy (non-hydrogen) atoms. The number of nitrogens with zero attached hydrogens (tertiary/aromatic N) is 2. The second-order valence-electron chi connectivity index (χ2n) is 7.76. The minimum absolute atomic E-state index is 0.0308. The second-order valence-corrected chi connectivity index (χ2v) is 8.58. The van der Waals surface area contributed by atoms with Gasteiger partial charge in [-0.2, -0.15) is 5.26 Å². The highest BCUT2D eigenvalue weighted by molar-refractivity contribution is 6.39. The Morgan fingerprint density at radius 1 is 1.22 bits per heavy atom. The Morgan fingerprint density at radius 2 is 1.92 bits per heavy atom. The zero-order chi connectivity index (χ0) is 26.7. The first-order valence-corrected chi connectivity index (χ1v) is 11.7. The summed E-state index contributed by atoms with van der Waals surface area (Å²) in [6.45, 7) is 0.259. The van der Waals surface area contributed by atoms with Gasteiger partial charge in [0.25, 0.3) is 5.91 Å². The van der Waals surface area contributed by atoms with Gasteiger partial charge in [0.1, 0.15) is 18.5 Å². The second kappa shape index (κ2) is 14.2. The van der Waals surface area contributed by atoms with Gasteiger partial charge in [0.2, 0.25) is 5.96 Å². The number of nitriles is 1. The molecule has 9 nitrogen and oxygen atoms in total. The summed E-state index contributed by atoms with van der Waals surface area (Å²) in [6.07, 6.45) is 1.53. The number of phenols is 1. The van der Waals surface area contributed by atoms with Crippen molar-refractivity contribution in [1.29, 1.82) is 5.26 Å². The van der Waals surface area contributed by atoms with Gasteiger partial charge in [-0.25, -0.2) is 9.38 Å². The van der Waals surface area contributed by atoms with E-state index in [0.29, 0.717) is 24.0 Å². The number of aliphatic hydroxyl groups is 1. The van der Waals surface area contributed by atoms with Crippen LogP contribution in [-0.2, 0) is 11.2 Å². The quantitative estimate of drug-likeness (QED) is 0.128. The summed E-state index contributed by atoms with van der Waals surface area (Å²) in [4.78, 5) is 28.9. The number of halogens is 3. The number of aromatic hydroxyl groups is 1. The molecule has 0 bridgehead atoms. The standard InChI is InChI=1S/C24H26Cl2FN5O4/c1-14(33)20(12-30-24(31-13-28)29-8-7-27)32-23(36)22-18(25)9-15(10-19(22)26)5-6-21(35)16-3-2-4-17(34)11-16/h2-4,9-11,20-21,34-35H,5-8,12H2,1H3,(H,32,36)(H2,29,30,31). The Morgan fingerprint density at radius 3 is 2.50 bits per heavy atom. The Kier molecular flexibility index (Phi) is 11.4. The van der Waals surface area contributed by atoms with Gasteiger partial charge >= 0.3 is 0 Å². The lowest BCUT2D eigenvalue weighted by Gasteiger charge is -2.17. The Balaban J connectivity index is 2.10. The summed E-state index contributed by atoms with van der Waals surface area (Å²) in [7, 11) is 0. The molecule has 12 heteroatoms. The average Bonchev–Trinajstić information content (AvgIpc) is 2.82. The van der Waals surface area contributed by atoms with Crippen molar-refractivity contribution in [3.63, 3.8) is 0 Å². The highest BCUT2D eigenvalue weighted by Gasteiger charge is 2.22. The molecule has 0 aliphatic rings. The Bertz CT molecular complexity index is 1130. The van der Waals surface area contributed by atoms with E-state index in [1.807, 2.05) is 0 Å². The largest absolute Gasteiger partial charge is 0.508 e. The van der Waals surface area contributed by atoms with Gasteiger partial charge in [-0.15, -0.1) is 0 Å². The number of carbonyl (C=O) groups is 2. The first-order valence-electron chi connectivity index (χ1n) is 10.9. The smallest absolute Gasteiger partial charge is 0.254 e. The van der Waals surface area contributed by atoms with Gasteiger partial charge < -0.3 is 20.8 Å². The molecule has 0 radical (unpaired) electrons. The predicted molar refractivity (Wildman–Crippen MR) is 135 cm³/mol. The molecule has 0 aliphatic carbocycles. The maximum Gasteiger partial charge on any atom is 0.254 e.